The van der Waals surface area contributed by atoms with E-state index in [2.05, 4.69) is 55.5 Å². The normalized spacial score (nSPS) is 17.1. The van der Waals surface area contributed by atoms with Crippen LogP contribution in [0.3, 0.4) is 0 Å². The lowest BCUT2D eigenvalue weighted by atomic mass is 9.93. The van der Waals surface area contributed by atoms with Gasteiger partial charge in [0.15, 0.2) is 0 Å². The molecule has 1 nitrogen and oxygen atoms in total. The summed E-state index contributed by atoms with van der Waals surface area (Å²) in [6, 6.07) is 19.2. The molecule has 0 saturated heterocycles. The van der Waals surface area contributed by atoms with E-state index in [0.717, 1.165) is 16.9 Å². The second kappa shape index (κ2) is 4.81. The largest absolute Gasteiger partial charge is 0.254 e. The average molecular weight is 292 g/mol. The predicted molar refractivity (Wildman–Crippen MR) is 89.1 cm³/mol. The number of benzene rings is 3. The van der Waals surface area contributed by atoms with E-state index in [0.29, 0.717) is 5.75 Å². The van der Waals surface area contributed by atoms with Crippen LogP contribution in [0.25, 0.3) is 21.9 Å². The van der Waals surface area contributed by atoms with E-state index in [4.69, 9.17) is 0 Å². The standard InChI is InChI=1S/C19H16OS/c1-13-6-7-19-18(10-13)17-12-15-5-3-2-4-14(15)11-16(17)8-9-21(19)20/h2-7,10-12H,8-9H2,1H3. The van der Waals surface area contributed by atoms with Crippen molar-refractivity contribution in [2.45, 2.75) is 18.2 Å². The second-order valence-corrected chi connectivity index (χ2v) is 7.19. The molecule has 0 aliphatic carbocycles. The minimum Gasteiger partial charge on any atom is -0.254 e. The summed E-state index contributed by atoms with van der Waals surface area (Å²) in [5, 5.41) is 2.51. The smallest absolute Gasteiger partial charge is 0.0539 e. The Bertz CT molecular complexity index is 880. The van der Waals surface area contributed by atoms with Crippen molar-refractivity contribution in [3.05, 3.63) is 65.7 Å². The summed E-state index contributed by atoms with van der Waals surface area (Å²) in [7, 11) is -0.905. The molecule has 21 heavy (non-hydrogen) atoms. The van der Waals surface area contributed by atoms with Crippen LogP contribution in [0, 0.1) is 6.92 Å². The molecule has 1 aliphatic rings. The van der Waals surface area contributed by atoms with Gasteiger partial charge in [0.2, 0.25) is 0 Å². The van der Waals surface area contributed by atoms with Crippen LogP contribution in [-0.4, -0.2) is 9.96 Å². The minimum atomic E-state index is -0.905. The van der Waals surface area contributed by atoms with Gasteiger partial charge in [-0.05, 0) is 52.9 Å². The van der Waals surface area contributed by atoms with Crippen LogP contribution in [0.4, 0.5) is 0 Å². The monoisotopic (exact) mass is 292 g/mol. The Labute approximate surface area is 127 Å². The van der Waals surface area contributed by atoms with Gasteiger partial charge in [0.05, 0.1) is 10.8 Å². The first-order chi connectivity index (χ1) is 10.2. The molecule has 1 heterocycles. The fourth-order valence-electron chi connectivity index (χ4n) is 3.11. The molecule has 3 aromatic rings. The van der Waals surface area contributed by atoms with Gasteiger partial charge < -0.3 is 0 Å². The van der Waals surface area contributed by atoms with Crippen LogP contribution in [0.15, 0.2) is 59.5 Å². The first-order valence-corrected chi connectivity index (χ1v) is 8.55. The third-order valence-electron chi connectivity index (χ3n) is 4.20. The van der Waals surface area contributed by atoms with E-state index < -0.39 is 10.8 Å². The molecule has 2 heteroatoms. The maximum atomic E-state index is 12.5. The van der Waals surface area contributed by atoms with E-state index >= 15 is 0 Å². The van der Waals surface area contributed by atoms with Crippen LogP contribution in [0.2, 0.25) is 0 Å². The number of rotatable bonds is 0. The maximum absolute atomic E-state index is 12.5. The highest BCUT2D eigenvalue weighted by molar-refractivity contribution is 7.85. The number of fused-ring (bicyclic) bond motifs is 4. The molecule has 0 spiro atoms. The molecule has 0 bridgehead atoms. The Hall–Kier alpha value is -1.93. The Morgan fingerprint density at radius 3 is 2.48 bits per heavy atom. The van der Waals surface area contributed by atoms with Crippen LogP contribution in [-0.2, 0) is 17.2 Å². The molecule has 4 rings (SSSR count). The van der Waals surface area contributed by atoms with Crippen molar-refractivity contribution in [2.75, 3.05) is 5.75 Å². The van der Waals surface area contributed by atoms with Crippen molar-refractivity contribution >= 4 is 21.6 Å². The maximum Gasteiger partial charge on any atom is 0.0539 e. The van der Waals surface area contributed by atoms with Crippen molar-refractivity contribution in [2.24, 2.45) is 0 Å². The molecule has 3 aromatic carbocycles. The summed E-state index contributed by atoms with van der Waals surface area (Å²) in [4.78, 5) is 0.981. The number of hydrogen-bond acceptors (Lipinski definition) is 1. The highest BCUT2D eigenvalue weighted by atomic mass is 32.2. The summed E-state index contributed by atoms with van der Waals surface area (Å²) >= 11 is 0. The van der Waals surface area contributed by atoms with E-state index in [9.17, 15) is 4.21 Å². The van der Waals surface area contributed by atoms with Gasteiger partial charge in [-0.2, -0.15) is 0 Å². The quantitative estimate of drug-likeness (QED) is 0.597. The minimum absolute atomic E-state index is 0.710. The molecule has 1 atom stereocenters. The van der Waals surface area contributed by atoms with Crippen LogP contribution >= 0.6 is 0 Å². The zero-order valence-corrected chi connectivity index (χ0v) is 12.7. The molecule has 0 fully saturated rings. The van der Waals surface area contributed by atoms with Gasteiger partial charge in [0.1, 0.15) is 0 Å². The molecular weight excluding hydrogens is 276 g/mol. The Morgan fingerprint density at radius 2 is 1.67 bits per heavy atom. The first-order valence-electron chi connectivity index (χ1n) is 7.23. The molecule has 0 aromatic heterocycles. The lowest BCUT2D eigenvalue weighted by molar-refractivity contribution is 0.683. The Balaban J connectivity index is 2.08. The van der Waals surface area contributed by atoms with Crippen LogP contribution in [0.5, 0.6) is 0 Å². The Morgan fingerprint density at radius 1 is 0.905 bits per heavy atom. The fraction of sp³-hybridized carbons (Fsp3) is 0.158. The van der Waals surface area contributed by atoms with E-state index in [-0.39, 0.29) is 0 Å². The highest BCUT2D eigenvalue weighted by Gasteiger charge is 2.19. The summed E-state index contributed by atoms with van der Waals surface area (Å²) in [5.41, 5.74) is 4.92. The predicted octanol–water partition coefficient (Wildman–Crippen LogP) is 4.48. The zero-order valence-electron chi connectivity index (χ0n) is 11.9. The molecule has 1 aliphatic heterocycles. The van der Waals surface area contributed by atoms with E-state index in [1.54, 1.807) is 0 Å². The van der Waals surface area contributed by atoms with Gasteiger partial charge in [-0.25, -0.2) is 0 Å². The third kappa shape index (κ3) is 2.11. The van der Waals surface area contributed by atoms with Crippen molar-refractivity contribution in [1.82, 2.24) is 0 Å². The summed E-state index contributed by atoms with van der Waals surface area (Å²) in [6.45, 7) is 2.09. The molecule has 0 N–H and O–H groups in total. The topological polar surface area (TPSA) is 17.1 Å². The molecule has 0 radical (unpaired) electrons. The van der Waals surface area contributed by atoms with Crippen LogP contribution in [0.1, 0.15) is 11.1 Å². The summed E-state index contributed by atoms with van der Waals surface area (Å²) < 4.78 is 12.5. The second-order valence-electron chi connectivity index (χ2n) is 5.66. The van der Waals surface area contributed by atoms with Gasteiger partial charge in [-0.15, -0.1) is 0 Å². The zero-order chi connectivity index (χ0) is 14.4. The Kier molecular flexibility index (Phi) is 2.93. The molecule has 0 saturated carbocycles. The number of hydrogen-bond donors (Lipinski definition) is 0. The lowest BCUT2D eigenvalue weighted by Crippen LogP contribution is -1.98. The molecule has 104 valence electrons. The van der Waals surface area contributed by atoms with E-state index in [1.165, 1.54) is 27.5 Å². The molecule has 0 amide bonds. The van der Waals surface area contributed by atoms with Gasteiger partial charge >= 0.3 is 0 Å². The molecule has 1 unspecified atom stereocenters. The highest BCUT2D eigenvalue weighted by Crippen LogP contribution is 2.36. The summed E-state index contributed by atoms with van der Waals surface area (Å²) in [5.74, 6) is 0.710. The van der Waals surface area contributed by atoms with Crippen molar-refractivity contribution in [3.63, 3.8) is 0 Å². The van der Waals surface area contributed by atoms with Gasteiger partial charge in [-0.3, -0.25) is 4.21 Å². The number of aryl methyl sites for hydroxylation is 2. The van der Waals surface area contributed by atoms with Crippen molar-refractivity contribution in [1.29, 1.82) is 0 Å². The fourth-order valence-corrected chi connectivity index (χ4v) is 4.37. The SMILES string of the molecule is Cc1ccc2c(c1)-c1cc3ccccc3cc1CCS2=O. The van der Waals surface area contributed by atoms with Crippen LogP contribution < -0.4 is 0 Å². The molecular formula is C19H16OS. The first kappa shape index (κ1) is 12.8. The third-order valence-corrected chi connectivity index (χ3v) is 5.62. The lowest BCUT2D eigenvalue weighted by Gasteiger charge is -2.11. The van der Waals surface area contributed by atoms with Gasteiger partial charge in [-0.1, -0.05) is 48.0 Å². The van der Waals surface area contributed by atoms with Crippen molar-refractivity contribution in [3.8, 4) is 11.1 Å². The van der Waals surface area contributed by atoms with Gasteiger partial charge in [0, 0.05) is 10.6 Å². The summed E-state index contributed by atoms with van der Waals surface area (Å²) in [6.07, 6.45) is 0.876. The van der Waals surface area contributed by atoms with Gasteiger partial charge in [0.25, 0.3) is 0 Å². The average Bonchev–Trinajstić information content (AvgIpc) is 2.63. The van der Waals surface area contributed by atoms with Crippen molar-refractivity contribution < 1.29 is 4.21 Å². The van der Waals surface area contributed by atoms with E-state index in [1.807, 2.05) is 6.07 Å².